The van der Waals surface area contributed by atoms with E-state index in [4.69, 9.17) is 0 Å². The number of fused-ring (bicyclic) bond motifs is 2. The zero-order valence-corrected chi connectivity index (χ0v) is 14.3. The Morgan fingerprint density at radius 1 is 1.30 bits per heavy atom. The Morgan fingerprint density at radius 2 is 2.22 bits per heavy atom. The lowest BCUT2D eigenvalue weighted by Gasteiger charge is -2.30. The normalized spacial score (nSPS) is 32.8. The van der Waals surface area contributed by atoms with Gasteiger partial charge in [-0.1, -0.05) is 6.42 Å². The van der Waals surface area contributed by atoms with E-state index in [9.17, 15) is 4.79 Å². The molecule has 1 aromatic rings. The van der Waals surface area contributed by atoms with E-state index in [1.165, 1.54) is 44.9 Å². The van der Waals surface area contributed by atoms with Gasteiger partial charge in [0.15, 0.2) is 0 Å². The molecule has 2 bridgehead atoms. The van der Waals surface area contributed by atoms with Gasteiger partial charge in [0.25, 0.3) is 0 Å². The maximum Gasteiger partial charge on any atom is 0.223 e. The molecule has 4 nitrogen and oxygen atoms in total. The van der Waals surface area contributed by atoms with Gasteiger partial charge in [0, 0.05) is 37.9 Å². The Bertz CT molecular complexity index is 567. The molecule has 1 aliphatic heterocycles. The Labute approximate surface area is 139 Å². The van der Waals surface area contributed by atoms with Crippen LogP contribution in [0.1, 0.15) is 57.1 Å². The summed E-state index contributed by atoms with van der Waals surface area (Å²) in [5.74, 6) is 3.26. The van der Waals surface area contributed by atoms with E-state index in [-0.39, 0.29) is 0 Å². The molecule has 2 aliphatic carbocycles. The minimum atomic E-state index is 0.358. The average molecular weight is 315 g/mol. The first kappa shape index (κ1) is 15.2. The number of amides is 1. The molecule has 0 spiro atoms. The van der Waals surface area contributed by atoms with Crippen molar-refractivity contribution in [2.75, 3.05) is 6.54 Å². The molecular formula is C19H29N3O. The highest BCUT2D eigenvalue weighted by Gasteiger charge is 2.41. The van der Waals surface area contributed by atoms with Crippen LogP contribution in [0.3, 0.4) is 0 Å². The van der Waals surface area contributed by atoms with Crippen molar-refractivity contribution in [2.24, 2.45) is 24.8 Å². The van der Waals surface area contributed by atoms with Gasteiger partial charge in [0.05, 0.1) is 0 Å². The van der Waals surface area contributed by atoms with Crippen LogP contribution >= 0.6 is 0 Å². The minimum Gasteiger partial charge on any atom is -0.340 e. The van der Waals surface area contributed by atoms with Gasteiger partial charge in [0.1, 0.15) is 0 Å². The largest absolute Gasteiger partial charge is 0.340 e. The Balaban J connectivity index is 1.32. The van der Waals surface area contributed by atoms with Crippen molar-refractivity contribution < 1.29 is 4.79 Å². The van der Waals surface area contributed by atoms with E-state index in [2.05, 4.69) is 10.00 Å². The number of aryl methyl sites for hydroxylation is 2. The van der Waals surface area contributed by atoms with Crippen LogP contribution in [-0.4, -0.2) is 33.2 Å². The molecule has 0 radical (unpaired) electrons. The van der Waals surface area contributed by atoms with Crippen molar-refractivity contribution in [1.82, 2.24) is 14.7 Å². The number of carbonyl (C=O) groups is 1. The van der Waals surface area contributed by atoms with Crippen LogP contribution in [-0.2, 0) is 18.3 Å². The summed E-state index contributed by atoms with van der Waals surface area (Å²) < 4.78 is 1.88. The first-order chi connectivity index (χ1) is 11.2. The lowest BCUT2D eigenvalue weighted by molar-refractivity contribution is -0.132. The number of carbonyl (C=O) groups excluding carboxylic acids is 1. The third-order valence-electron chi connectivity index (χ3n) is 6.67. The van der Waals surface area contributed by atoms with Crippen LogP contribution in [0.15, 0.2) is 12.3 Å². The van der Waals surface area contributed by atoms with E-state index >= 15 is 0 Å². The molecule has 1 amide bonds. The van der Waals surface area contributed by atoms with Gasteiger partial charge < -0.3 is 4.90 Å². The predicted molar refractivity (Wildman–Crippen MR) is 89.8 cm³/mol. The lowest BCUT2D eigenvalue weighted by Crippen LogP contribution is -2.37. The number of rotatable bonds is 5. The van der Waals surface area contributed by atoms with Crippen LogP contribution in [0.25, 0.3) is 0 Å². The molecule has 3 aliphatic rings. The van der Waals surface area contributed by atoms with Crippen LogP contribution in [0.2, 0.25) is 0 Å². The molecule has 3 fully saturated rings. The summed E-state index contributed by atoms with van der Waals surface area (Å²) in [6.45, 7) is 0.982. The number of aromatic nitrogens is 2. The third-order valence-corrected chi connectivity index (χ3v) is 6.67. The molecule has 4 rings (SSSR count). The van der Waals surface area contributed by atoms with Gasteiger partial charge in [-0.05, 0) is 68.8 Å². The highest BCUT2D eigenvalue weighted by atomic mass is 16.2. The molecule has 0 aromatic carbocycles. The molecule has 4 atom stereocenters. The molecule has 126 valence electrons. The number of likely N-dealkylation sites (tertiary alicyclic amines) is 1. The Hall–Kier alpha value is -1.32. The first-order valence-corrected chi connectivity index (χ1v) is 9.47. The number of hydrogen-bond acceptors (Lipinski definition) is 2. The molecule has 2 saturated carbocycles. The van der Waals surface area contributed by atoms with E-state index in [1.807, 2.05) is 24.0 Å². The SMILES string of the molecule is Cn1nccc1CCC(=O)N1CCC[C@H]1C[C@H]1C[C@H]2CC[C@H]1C2. The van der Waals surface area contributed by atoms with E-state index in [0.29, 0.717) is 18.4 Å². The Morgan fingerprint density at radius 3 is 2.91 bits per heavy atom. The second-order valence-electron chi connectivity index (χ2n) is 8.00. The topological polar surface area (TPSA) is 38.1 Å². The molecule has 0 N–H and O–H groups in total. The molecular weight excluding hydrogens is 286 g/mol. The molecule has 1 saturated heterocycles. The molecule has 23 heavy (non-hydrogen) atoms. The zero-order valence-electron chi connectivity index (χ0n) is 14.3. The summed E-state index contributed by atoms with van der Waals surface area (Å²) in [6.07, 6.45) is 12.8. The van der Waals surface area contributed by atoms with Crippen molar-refractivity contribution in [3.8, 4) is 0 Å². The number of hydrogen-bond donors (Lipinski definition) is 0. The third kappa shape index (κ3) is 3.05. The Kier molecular flexibility index (Phi) is 4.16. The second-order valence-corrected chi connectivity index (χ2v) is 8.00. The predicted octanol–water partition coefficient (Wildman–Crippen LogP) is 3.17. The maximum atomic E-state index is 12.7. The van der Waals surface area contributed by atoms with Crippen LogP contribution < -0.4 is 0 Å². The van der Waals surface area contributed by atoms with Crippen LogP contribution in [0.4, 0.5) is 0 Å². The smallest absolute Gasteiger partial charge is 0.223 e. The van der Waals surface area contributed by atoms with Gasteiger partial charge in [0.2, 0.25) is 5.91 Å². The first-order valence-electron chi connectivity index (χ1n) is 9.47. The molecule has 1 aromatic heterocycles. The van der Waals surface area contributed by atoms with Crippen molar-refractivity contribution in [3.05, 3.63) is 18.0 Å². The van der Waals surface area contributed by atoms with Crippen molar-refractivity contribution >= 4 is 5.91 Å². The van der Waals surface area contributed by atoms with Crippen LogP contribution in [0, 0.1) is 17.8 Å². The highest BCUT2D eigenvalue weighted by Crippen LogP contribution is 2.50. The van der Waals surface area contributed by atoms with E-state index < -0.39 is 0 Å². The molecule has 0 unspecified atom stereocenters. The summed E-state index contributed by atoms with van der Waals surface area (Å²) in [4.78, 5) is 14.9. The molecule has 4 heteroatoms. The summed E-state index contributed by atoms with van der Waals surface area (Å²) in [5.41, 5.74) is 1.15. The van der Waals surface area contributed by atoms with Crippen molar-refractivity contribution in [1.29, 1.82) is 0 Å². The van der Waals surface area contributed by atoms with Crippen molar-refractivity contribution in [2.45, 2.75) is 63.8 Å². The van der Waals surface area contributed by atoms with Crippen LogP contribution in [0.5, 0.6) is 0 Å². The summed E-state index contributed by atoms with van der Waals surface area (Å²) in [6, 6.07) is 2.54. The van der Waals surface area contributed by atoms with Crippen molar-refractivity contribution in [3.63, 3.8) is 0 Å². The fourth-order valence-electron chi connectivity index (χ4n) is 5.45. The maximum absolute atomic E-state index is 12.7. The highest BCUT2D eigenvalue weighted by molar-refractivity contribution is 5.77. The second kappa shape index (κ2) is 6.29. The fourth-order valence-corrected chi connectivity index (χ4v) is 5.45. The standard InChI is InChI=1S/C19H29N3O/c1-21-17(8-9-20-21)6-7-19(23)22-10-2-3-18(22)13-16-12-14-4-5-15(16)11-14/h8-9,14-16,18H,2-7,10-13H2,1H3/t14-,15-,16+,18-/m0/s1. The summed E-state index contributed by atoms with van der Waals surface area (Å²) in [7, 11) is 1.95. The average Bonchev–Trinajstić information content (AvgIpc) is 3.29. The van der Waals surface area contributed by atoms with E-state index in [1.54, 1.807) is 0 Å². The summed E-state index contributed by atoms with van der Waals surface area (Å²) in [5, 5.41) is 4.19. The van der Waals surface area contributed by atoms with Gasteiger partial charge in [-0.2, -0.15) is 5.10 Å². The quantitative estimate of drug-likeness (QED) is 0.837. The minimum absolute atomic E-state index is 0.358. The van der Waals surface area contributed by atoms with Gasteiger partial charge in [-0.15, -0.1) is 0 Å². The summed E-state index contributed by atoms with van der Waals surface area (Å²) >= 11 is 0. The fraction of sp³-hybridized carbons (Fsp3) is 0.789. The van der Waals surface area contributed by atoms with Gasteiger partial charge in [-0.3, -0.25) is 9.48 Å². The lowest BCUT2D eigenvalue weighted by atomic mass is 9.83. The van der Waals surface area contributed by atoms with Gasteiger partial charge in [-0.25, -0.2) is 0 Å². The number of nitrogens with zero attached hydrogens (tertiary/aromatic N) is 3. The monoisotopic (exact) mass is 315 g/mol. The van der Waals surface area contributed by atoms with E-state index in [0.717, 1.165) is 36.4 Å². The van der Waals surface area contributed by atoms with Gasteiger partial charge >= 0.3 is 0 Å². The molecule has 2 heterocycles. The zero-order chi connectivity index (χ0) is 15.8.